The number of urea groups is 1. The van der Waals surface area contributed by atoms with Crippen LogP contribution in [0, 0.1) is 6.92 Å². The fourth-order valence-electron chi connectivity index (χ4n) is 2.56. The molecule has 2 heterocycles. The lowest BCUT2D eigenvalue weighted by Gasteiger charge is -2.22. The van der Waals surface area contributed by atoms with Crippen LogP contribution in [0.25, 0.3) is 0 Å². The molecule has 1 N–H and O–H groups in total. The molecule has 1 aromatic rings. The Bertz CT molecular complexity index is 515. The summed E-state index contributed by atoms with van der Waals surface area (Å²) >= 11 is 1.67. The first-order valence-corrected chi connectivity index (χ1v) is 8.75. The average molecular weight is 323 g/mol. The predicted octanol–water partition coefficient (Wildman–Crippen LogP) is 2.60. The first-order valence-electron chi connectivity index (χ1n) is 7.87. The van der Waals surface area contributed by atoms with Crippen molar-refractivity contribution in [1.29, 1.82) is 0 Å². The minimum atomic E-state index is -0.0879. The molecule has 0 aromatic carbocycles. The number of amides is 3. The summed E-state index contributed by atoms with van der Waals surface area (Å²) in [5.74, 6) is 0.217. The summed E-state index contributed by atoms with van der Waals surface area (Å²) in [4.78, 5) is 28.7. The molecule has 2 rings (SSSR count). The lowest BCUT2D eigenvalue weighted by molar-refractivity contribution is -0.130. The maximum absolute atomic E-state index is 12.1. The monoisotopic (exact) mass is 323 g/mol. The normalized spacial score (nSPS) is 15.5. The molecule has 0 aliphatic carbocycles. The Hall–Kier alpha value is -1.56. The third kappa shape index (κ3) is 4.73. The second kappa shape index (κ2) is 8.17. The second-order valence-corrected chi connectivity index (χ2v) is 6.81. The van der Waals surface area contributed by atoms with Gasteiger partial charge in [0.05, 0.1) is 6.54 Å². The first kappa shape index (κ1) is 16.8. The highest BCUT2D eigenvalue weighted by Crippen LogP contribution is 2.17. The van der Waals surface area contributed by atoms with E-state index in [1.165, 1.54) is 10.4 Å². The first-order chi connectivity index (χ1) is 10.6. The Kier molecular flexibility index (Phi) is 6.24. The van der Waals surface area contributed by atoms with Gasteiger partial charge in [0.2, 0.25) is 5.91 Å². The molecule has 122 valence electrons. The summed E-state index contributed by atoms with van der Waals surface area (Å²) in [6.07, 6.45) is 3.82. The number of aryl methyl sites for hydroxylation is 1. The van der Waals surface area contributed by atoms with E-state index in [1.54, 1.807) is 23.3 Å². The zero-order valence-corrected chi connectivity index (χ0v) is 14.2. The van der Waals surface area contributed by atoms with Gasteiger partial charge >= 0.3 is 6.03 Å². The zero-order valence-electron chi connectivity index (χ0n) is 13.4. The van der Waals surface area contributed by atoms with E-state index in [2.05, 4.69) is 18.3 Å². The summed E-state index contributed by atoms with van der Waals surface area (Å²) in [6.45, 7) is 4.62. The molecule has 0 saturated carbocycles. The third-order valence-corrected chi connectivity index (χ3v) is 5.03. The van der Waals surface area contributed by atoms with Crippen molar-refractivity contribution in [1.82, 2.24) is 15.1 Å². The van der Waals surface area contributed by atoms with Crippen molar-refractivity contribution in [2.45, 2.75) is 39.2 Å². The molecule has 1 aromatic heterocycles. The number of nitrogens with one attached hydrogen (secondary N) is 1. The van der Waals surface area contributed by atoms with E-state index in [1.807, 2.05) is 10.3 Å². The molecule has 0 spiro atoms. The van der Waals surface area contributed by atoms with E-state index >= 15 is 0 Å². The van der Waals surface area contributed by atoms with Gasteiger partial charge in [0.15, 0.2) is 0 Å². The maximum Gasteiger partial charge on any atom is 0.317 e. The van der Waals surface area contributed by atoms with Crippen LogP contribution < -0.4 is 5.32 Å². The van der Waals surface area contributed by atoms with E-state index in [4.69, 9.17) is 0 Å². The van der Waals surface area contributed by atoms with Gasteiger partial charge < -0.3 is 15.1 Å². The highest BCUT2D eigenvalue weighted by Gasteiger charge is 2.17. The molecule has 0 atom stereocenters. The minimum Gasteiger partial charge on any atom is -0.341 e. The number of carbonyl (C=O) groups excluding carboxylic acids is 2. The summed E-state index contributed by atoms with van der Waals surface area (Å²) in [5.41, 5.74) is 1.22. The quantitative estimate of drug-likeness (QED) is 0.905. The molecule has 6 heteroatoms. The van der Waals surface area contributed by atoms with Gasteiger partial charge in [0.1, 0.15) is 0 Å². The van der Waals surface area contributed by atoms with E-state index in [0.29, 0.717) is 26.1 Å². The summed E-state index contributed by atoms with van der Waals surface area (Å²) in [7, 11) is 1.80. The third-order valence-electron chi connectivity index (χ3n) is 4.02. The summed E-state index contributed by atoms with van der Waals surface area (Å²) < 4.78 is 0. The smallest absolute Gasteiger partial charge is 0.317 e. The van der Waals surface area contributed by atoms with E-state index < -0.39 is 0 Å². The van der Waals surface area contributed by atoms with Crippen LogP contribution in [0.2, 0.25) is 0 Å². The van der Waals surface area contributed by atoms with Crippen LogP contribution in [0.4, 0.5) is 4.79 Å². The van der Waals surface area contributed by atoms with Crippen LogP contribution in [0.1, 0.15) is 36.1 Å². The number of nitrogens with zero attached hydrogens (tertiary/aromatic N) is 2. The lowest BCUT2D eigenvalue weighted by atomic mass is 10.2. The molecule has 22 heavy (non-hydrogen) atoms. The molecule has 1 saturated heterocycles. The molecule has 3 amide bonds. The van der Waals surface area contributed by atoms with Crippen LogP contribution in [0.3, 0.4) is 0 Å². The second-order valence-electron chi connectivity index (χ2n) is 5.81. The number of thiophene rings is 1. The predicted molar refractivity (Wildman–Crippen MR) is 89.0 cm³/mol. The Labute approximate surface area is 136 Å². The van der Waals surface area contributed by atoms with Crippen LogP contribution >= 0.6 is 11.3 Å². The Morgan fingerprint density at radius 3 is 2.95 bits per heavy atom. The van der Waals surface area contributed by atoms with Crippen molar-refractivity contribution in [3.05, 3.63) is 21.9 Å². The zero-order chi connectivity index (χ0) is 15.9. The Balaban J connectivity index is 1.72. The van der Waals surface area contributed by atoms with Crippen molar-refractivity contribution in [3.8, 4) is 0 Å². The van der Waals surface area contributed by atoms with Crippen molar-refractivity contribution in [2.75, 3.05) is 26.7 Å². The molecule has 1 fully saturated rings. The summed E-state index contributed by atoms with van der Waals surface area (Å²) in [6, 6.07) is 1.98. The highest BCUT2D eigenvalue weighted by atomic mass is 32.1. The molecule has 1 aliphatic rings. The number of likely N-dealkylation sites (tertiary alicyclic amines) is 1. The number of hydrogen-bond acceptors (Lipinski definition) is 3. The lowest BCUT2D eigenvalue weighted by Crippen LogP contribution is -2.42. The van der Waals surface area contributed by atoms with Crippen LogP contribution in [0.15, 0.2) is 11.4 Å². The van der Waals surface area contributed by atoms with Gasteiger partial charge in [0.25, 0.3) is 0 Å². The maximum atomic E-state index is 12.1. The van der Waals surface area contributed by atoms with E-state index in [-0.39, 0.29) is 11.9 Å². The van der Waals surface area contributed by atoms with Crippen LogP contribution in [0.5, 0.6) is 0 Å². The van der Waals surface area contributed by atoms with E-state index in [0.717, 1.165) is 25.8 Å². The standard InChI is InChI=1S/C16H25N3O2S/c1-13-7-11-22-14(13)12-18(2)16(21)17-8-10-19-9-5-3-4-6-15(19)20/h7,11H,3-6,8-10,12H2,1-2H3,(H,17,21). The molecular weight excluding hydrogens is 298 g/mol. The highest BCUT2D eigenvalue weighted by molar-refractivity contribution is 7.10. The SMILES string of the molecule is Cc1ccsc1CN(C)C(=O)NCCN1CCCCCC1=O. The van der Waals surface area contributed by atoms with Crippen molar-refractivity contribution >= 4 is 23.3 Å². The van der Waals surface area contributed by atoms with Gasteiger partial charge in [-0.15, -0.1) is 11.3 Å². The van der Waals surface area contributed by atoms with Gasteiger partial charge in [0, 0.05) is 38.0 Å². The molecule has 0 bridgehead atoms. The molecular formula is C16H25N3O2S. The Morgan fingerprint density at radius 1 is 1.41 bits per heavy atom. The number of hydrogen-bond donors (Lipinski definition) is 1. The van der Waals surface area contributed by atoms with Gasteiger partial charge in [-0.3, -0.25) is 4.79 Å². The van der Waals surface area contributed by atoms with Crippen molar-refractivity contribution < 1.29 is 9.59 Å². The van der Waals surface area contributed by atoms with Crippen molar-refractivity contribution in [3.63, 3.8) is 0 Å². The number of carbonyl (C=O) groups is 2. The Morgan fingerprint density at radius 2 is 2.23 bits per heavy atom. The van der Waals surface area contributed by atoms with Gasteiger partial charge in [-0.25, -0.2) is 4.79 Å². The summed E-state index contributed by atoms with van der Waals surface area (Å²) in [5, 5.41) is 4.94. The van der Waals surface area contributed by atoms with Gasteiger partial charge in [-0.05, 0) is 36.8 Å². The van der Waals surface area contributed by atoms with Crippen LogP contribution in [-0.2, 0) is 11.3 Å². The minimum absolute atomic E-state index is 0.0879. The molecule has 0 radical (unpaired) electrons. The van der Waals surface area contributed by atoms with Gasteiger partial charge in [-0.1, -0.05) is 6.42 Å². The fourth-order valence-corrected chi connectivity index (χ4v) is 3.52. The molecule has 5 nitrogen and oxygen atoms in total. The largest absolute Gasteiger partial charge is 0.341 e. The van der Waals surface area contributed by atoms with Crippen molar-refractivity contribution in [2.24, 2.45) is 0 Å². The van der Waals surface area contributed by atoms with Crippen LogP contribution in [-0.4, -0.2) is 48.4 Å². The fraction of sp³-hybridized carbons (Fsp3) is 0.625. The molecule has 1 aliphatic heterocycles. The molecule has 0 unspecified atom stereocenters. The van der Waals surface area contributed by atoms with E-state index in [9.17, 15) is 9.59 Å². The van der Waals surface area contributed by atoms with Gasteiger partial charge in [-0.2, -0.15) is 0 Å². The topological polar surface area (TPSA) is 52.7 Å². The number of rotatable bonds is 5. The average Bonchev–Trinajstić information content (AvgIpc) is 2.77.